The molecule has 9 nitrogen and oxygen atoms in total. The van der Waals surface area contributed by atoms with Crippen LogP contribution in [-0.4, -0.2) is 71.6 Å². The number of aliphatic hydroxyl groups excluding tert-OH is 1. The van der Waals surface area contributed by atoms with E-state index in [-0.39, 0.29) is 43.7 Å². The van der Waals surface area contributed by atoms with Crippen molar-refractivity contribution in [1.29, 1.82) is 0 Å². The second-order valence-corrected chi connectivity index (χ2v) is 10.7. The maximum Gasteiger partial charge on any atom is 0.321 e. The molecule has 1 aliphatic rings. The third-order valence-corrected chi connectivity index (χ3v) is 7.30. The number of ether oxygens (including phenoxy) is 1. The number of aliphatic hydroxyl groups is 1. The zero-order valence-electron chi connectivity index (χ0n) is 24.0. The van der Waals surface area contributed by atoms with Crippen molar-refractivity contribution in [3.63, 3.8) is 0 Å². The Bertz CT molecular complexity index is 1390. The molecule has 0 bridgehead atoms. The first-order valence-electron chi connectivity index (χ1n) is 13.9. The fraction of sp³-hybridized carbons (Fsp3) is 0.344. The summed E-state index contributed by atoms with van der Waals surface area (Å²) in [6.07, 6.45) is -0.283. The van der Waals surface area contributed by atoms with Crippen molar-refractivity contribution < 1.29 is 28.6 Å². The number of rotatable bonds is 8. The Labute approximate surface area is 245 Å². The molecule has 222 valence electrons. The molecule has 0 aliphatic carbocycles. The first-order valence-corrected chi connectivity index (χ1v) is 13.9. The molecule has 4 rings (SSSR count). The predicted molar refractivity (Wildman–Crippen MR) is 159 cm³/mol. The highest BCUT2D eigenvalue weighted by atomic mass is 19.1. The van der Waals surface area contributed by atoms with Crippen LogP contribution in [-0.2, 0) is 22.4 Å². The lowest BCUT2D eigenvalue weighted by Crippen LogP contribution is -2.48. The number of likely N-dealkylation sites (N-methyl/N-ethyl adjacent to an activating group) is 1. The van der Waals surface area contributed by atoms with E-state index in [4.69, 9.17) is 4.74 Å². The number of nitrogens with zero attached hydrogens (tertiary/aromatic N) is 2. The number of halogens is 1. The third kappa shape index (κ3) is 8.07. The summed E-state index contributed by atoms with van der Waals surface area (Å²) in [5.74, 6) is -0.494. The van der Waals surface area contributed by atoms with Gasteiger partial charge in [-0.3, -0.25) is 9.59 Å². The number of anilines is 2. The highest BCUT2D eigenvalue weighted by Crippen LogP contribution is 2.29. The normalized spacial score (nSPS) is 17.5. The number of benzene rings is 3. The minimum absolute atomic E-state index is 0.0163. The number of hydrogen-bond acceptors (Lipinski definition) is 5. The number of carbonyl (C=O) groups excluding carboxylic acids is 3. The molecule has 0 saturated carbocycles. The number of carbonyl (C=O) groups is 3. The largest absolute Gasteiger partial charge is 0.488 e. The molecule has 0 aromatic heterocycles. The summed E-state index contributed by atoms with van der Waals surface area (Å²) in [7, 11) is 1.63. The summed E-state index contributed by atoms with van der Waals surface area (Å²) < 4.78 is 19.7. The third-order valence-electron chi connectivity index (χ3n) is 7.30. The number of fused-ring (bicyclic) bond motifs is 1. The molecule has 1 aliphatic heterocycles. The molecule has 3 aromatic carbocycles. The van der Waals surface area contributed by atoms with Crippen LogP contribution in [0, 0.1) is 11.7 Å². The maximum atomic E-state index is 13.4. The monoisotopic (exact) mass is 576 g/mol. The van der Waals surface area contributed by atoms with Crippen molar-refractivity contribution in [2.24, 2.45) is 5.92 Å². The Morgan fingerprint density at radius 1 is 1.07 bits per heavy atom. The van der Waals surface area contributed by atoms with E-state index in [1.807, 2.05) is 37.3 Å². The standard InChI is InChI=1S/C32H37FN4O5/c1-21-18-37(22(2)20-38)31(40)17-24-16-27(34-30(39)15-23-7-5-4-6-8-23)13-14-28(24)42-29(21)19-36(3)32(41)35-26-11-9-25(33)10-12-26/h4-14,16,21-22,29,38H,15,17-20H2,1-3H3,(H,34,39)(H,35,41)/t21-,22+,29+/m1/s1. The molecule has 1 heterocycles. The fourth-order valence-electron chi connectivity index (χ4n) is 4.82. The van der Waals surface area contributed by atoms with Gasteiger partial charge in [0.1, 0.15) is 17.7 Å². The molecule has 0 radical (unpaired) electrons. The van der Waals surface area contributed by atoms with Gasteiger partial charge in [-0.2, -0.15) is 0 Å². The summed E-state index contributed by atoms with van der Waals surface area (Å²) >= 11 is 0. The van der Waals surface area contributed by atoms with E-state index in [1.54, 1.807) is 37.1 Å². The molecule has 0 saturated heterocycles. The van der Waals surface area contributed by atoms with Gasteiger partial charge in [0.25, 0.3) is 0 Å². The Kier molecular flexibility index (Phi) is 10.1. The zero-order chi connectivity index (χ0) is 30.2. The SMILES string of the molecule is C[C@@H]1CN([C@@H](C)CO)C(=O)Cc2cc(NC(=O)Cc3ccccc3)ccc2O[C@H]1CN(C)C(=O)Nc1ccc(F)cc1. The van der Waals surface area contributed by atoms with Crippen LogP contribution in [0.3, 0.4) is 0 Å². The van der Waals surface area contributed by atoms with Crippen molar-refractivity contribution in [3.05, 3.63) is 89.7 Å². The second-order valence-electron chi connectivity index (χ2n) is 10.7. The Morgan fingerprint density at radius 3 is 2.45 bits per heavy atom. The van der Waals surface area contributed by atoms with Gasteiger partial charge in [-0.15, -0.1) is 0 Å². The molecule has 0 unspecified atom stereocenters. The van der Waals surface area contributed by atoms with Crippen molar-refractivity contribution in [2.75, 3.05) is 37.4 Å². The van der Waals surface area contributed by atoms with E-state index >= 15 is 0 Å². The highest BCUT2D eigenvalue weighted by molar-refractivity contribution is 5.93. The van der Waals surface area contributed by atoms with Crippen LogP contribution in [0.1, 0.15) is 25.0 Å². The molecule has 3 atom stereocenters. The summed E-state index contributed by atoms with van der Waals surface area (Å²) in [6.45, 7) is 4.02. The van der Waals surface area contributed by atoms with Crippen molar-refractivity contribution in [2.45, 2.75) is 38.8 Å². The van der Waals surface area contributed by atoms with E-state index in [1.165, 1.54) is 29.2 Å². The molecule has 10 heteroatoms. The lowest BCUT2D eigenvalue weighted by Gasteiger charge is -2.34. The maximum absolute atomic E-state index is 13.4. The average Bonchev–Trinajstić information content (AvgIpc) is 3.01. The van der Waals surface area contributed by atoms with Crippen LogP contribution >= 0.6 is 0 Å². The molecule has 4 amide bonds. The van der Waals surface area contributed by atoms with Gasteiger partial charge in [0.05, 0.1) is 32.0 Å². The lowest BCUT2D eigenvalue weighted by molar-refractivity contribution is -0.134. The molecular formula is C32H37FN4O5. The minimum atomic E-state index is -0.509. The van der Waals surface area contributed by atoms with E-state index in [0.717, 1.165) is 5.56 Å². The van der Waals surface area contributed by atoms with Gasteiger partial charge in [0.2, 0.25) is 11.8 Å². The number of hydrogen-bond donors (Lipinski definition) is 3. The Morgan fingerprint density at radius 2 is 1.76 bits per heavy atom. The molecule has 0 spiro atoms. The number of urea groups is 1. The lowest BCUT2D eigenvalue weighted by atomic mass is 10.0. The second kappa shape index (κ2) is 14.0. The number of amides is 4. The first-order chi connectivity index (χ1) is 20.1. The first kappa shape index (κ1) is 30.5. The van der Waals surface area contributed by atoms with Crippen LogP contribution in [0.5, 0.6) is 5.75 Å². The number of nitrogens with one attached hydrogen (secondary N) is 2. The van der Waals surface area contributed by atoms with Crippen LogP contribution in [0.25, 0.3) is 0 Å². The van der Waals surface area contributed by atoms with Crippen LogP contribution < -0.4 is 15.4 Å². The van der Waals surface area contributed by atoms with Gasteiger partial charge in [-0.1, -0.05) is 37.3 Å². The van der Waals surface area contributed by atoms with Gasteiger partial charge >= 0.3 is 6.03 Å². The molecular weight excluding hydrogens is 539 g/mol. The van der Waals surface area contributed by atoms with Crippen molar-refractivity contribution >= 4 is 29.2 Å². The molecule has 3 N–H and O–H groups in total. The average molecular weight is 577 g/mol. The zero-order valence-corrected chi connectivity index (χ0v) is 24.0. The van der Waals surface area contributed by atoms with E-state index in [0.29, 0.717) is 29.2 Å². The van der Waals surface area contributed by atoms with Gasteiger partial charge < -0.3 is 30.3 Å². The fourth-order valence-corrected chi connectivity index (χ4v) is 4.82. The van der Waals surface area contributed by atoms with Gasteiger partial charge in [0.15, 0.2) is 0 Å². The van der Waals surface area contributed by atoms with E-state index < -0.39 is 24.0 Å². The van der Waals surface area contributed by atoms with Crippen LogP contribution in [0.4, 0.5) is 20.6 Å². The molecule has 3 aromatic rings. The quantitative estimate of drug-likeness (QED) is 0.370. The Hall–Kier alpha value is -4.44. The minimum Gasteiger partial charge on any atom is -0.488 e. The highest BCUT2D eigenvalue weighted by Gasteiger charge is 2.32. The summed E-state index contributed by atoms with van der Waals surface area (Å²) in [6, 6.07) is 19.3. The summed E-state index contributed by atoms with van der Waals surface area (Å²) in [5, 5.41) is 15.5. The van der Waals surface area contributed by atoms with Gasteiger partial charge in [0, 0.05) is 36.4 Å². The van der Waals surface area contributed by atoms with Crippen LogP contribution in [0.15, 0.2) is 72.8 Å². The summed E-state index contributed by atoms with van der Waals surface area (Å²) in [5.41, 5.74) is 2.46. The van der Waals surface area contributed by atoms with E-state index in [2.05, 4.69) is 10.6 Å². The molecule has 0 fully saturated rings. The Balaban J connectivity index is 1.55. The van der Waals surface area contributed by atoms with Gasteiger partial charge in [-0.25, -0.2) is 9.18 Å². The molecule has 42 heavy (non-hydrogen) atoms. The van der Waals surface area contributed by atoms with Crippen molar-refractivity contribution in [1.82, 2.24) is 9.80 Å². The topological polar surface area (TPSA) is 111 Å². The smallest absolute Gasteiger partial charge is 0.321 e. The van der Waals surface area contributed by atoms with Gasteiger partial charge in [-0.05, 0) is 55.0 Å². The predicted octanol–water partition coefficient (Wildman–Crippen LogP) is 4.32. The van der Waals surface area contributed by atoms with Crippen LogP contribution in [0.2, 0.25) is 0 Å². The van der Waals surface area contributed by atoms with E-state index in [9.17, 15) is 23.9 Å². The summed E-state index contributed by atoms with van der Waals surface area (Å²) in [4.78, 5) is 42.2. The van der Waals surface area contributed by atoms with Crippen molar-refractivity contribution in [3.8, 4) is 5.75 Å².